The van der Waals surface area contributed by atoms with Gasteiger partial charge in [-0.2, -0.15) is 0 Å². The molecule has 1 rings (SSSR count). The van der Waals surface area contributed by atoms with Crippen LogP contribution < -0.4 is 5.73 Å². The van der Waals surface area contributed by atoms with Gasteiger partial charge in [-0.25, -0.2) is 0 Å². The number of rotatable bonds is 8. The fourth-order valence-electron chi connectivity index (χ4n) is 2.16. The average Bonchev–Trinajstić information content (AvgIpc) is 2.46. The molecule has 21 heavy (non-hydrogen) atoms. The zero-order valence-corrected chi connectivity index (χ0v) is 15.8. The Bertz CT molecular complexity index is 391. The van der Waals surface area contributed by atoms with Crippen LogP contribution in [-0.4, -0.2) is 49.0 Å². The van der Waals surface area contributed by atoms with Crippen LogP contribution in [0.4, 0.5) is 0 Å². The molecule has 0 aromatic heterocycles. The molecule has 0 unspecified atom stereocenters. The fourth-order valence-corrected chi connectivity index (χ4v) is 2.16. The minimum atomic E-state index is 0. The summed E-state index contributed by atoms with van der Waals surface area (Å²) in [5.74, 6) is 0.667. The molecule has 0 atom stereocenters. The Morgan fingerprint density at radius 1 is 1.14 bits per heavy atom. The molecule has 0 aliphatic carbocycles. The molecule has 1 aromatic carbocycles. The Morgan fingerprint density at radius 2 is 1.76 bits per heavy atom. The molecule has 0 radical (unpaired) electrons. The molecule has 0 aliphatic rings. The minimum absolute atomic E-state index is 0. The van der Waals surface area contributed by atoms with Gasteiger partial charge in [0.1, 0.15) is 0 Å². The van der Waals surface area contributed by atoms with E-state index in [1.807, 2.05) is 6.07 Å². The van der Waals surface area contributed by atoms with Crippen molar-refractivity contribution in [1.82, 2.24) is 9.80 Å². The number of nitrogens with two attached hydrogens (primary N) is 1. The summed E-state index contributed by atoms with van der Waals surface area (Å²) in [6.45, 7) is 8.83. The van der Waals surface area contributed by atoms with Gasteiger partial charge in [-0.3, -0.25) is 4.99 Å². The number of hydrogen-bond donors (Lipinski definition) is 1. The topological polar surface area (TPSA) is 44.9 Å². The predicted molar refractivity (Wildman–Crippen MR) is 102 cm³/mol. The van der Waals surface area contributed by atoms with Crippen molar-refractivity contribution in [3.05, 3.63) is 35.9 Å². The van der Waals surface area contributed by atoms with Crippen molar-refractivity contribution in [2.24, 2.45) is 10.7 Å². The highest BCUT2D eigenvalue weighted by atomic mass is 127. The van der Waals surface area contributed by atoms with Crippen LogP contribution in [0.1, 0.15) is 25.8 Å². The predicted octanol–water partition coefficient (Wildman–Crippen LogP) is 2.78. The van der Waals surface area contributed by atoms with Crippen molar-refractivity contribution < 1.29 is 0 Å². The molecule has 0 heterocycles. The molecule has 0 saturated carbocycles. The molecule has 5 heteroatoms. The standard InChI is InChI=1S/C16H28N4.HI/c1-4-20(5-2)16(17)18-12-9-13-19(3)14-15-10-7-6-8-11-15;/h6-8,10-11H,4-5,9,12-14H2,1-3H3,(H2,17,18);1H. The summed E-state index contributed by atoms with van der Waals surface area (Å²) in [5, 5.41) is 0. The SMILES string of the molecule is CCN(CC)C(N)=NCCCN(C)Cc1ccccc1.I. The summed E-state index contributed by atoms with van der Waals surface area (Å²) in [6.07, 6.45) is 1.03. The van der Waals surface area contributed by atoms with Gasteiger partial charge in [-0.15, -0.1) is 24.0 Å². The number of nitrogens with zero attached hydrogens (tertiary/aromatic N) is 3. The van der Waals surface area contributed by atoms with Crippen molar-refractivity contribution in [2.45, 2.75) is 26.8 Å². The Kier molecular flexibility index (Phi) is 11.3. The van der Waals surface area contributed by atoms with Crippen LogP contribution in [0.15, 0.2) is 35.3 Å². The van der Waals surface area contributed by atoms with Gasteiger partial charge < -0.3 is 15.5 Å². The van der Waals surface area contributed by atoms with Crippen LogP contribution in [0.25, 0.3) is 0 Å². The molecule has 0 aliphatic heterocycles. The molecule has 0 amide bonds. The van der Waals surface area contributed by atoms with Crippen LogP contribution in [0.5, 0.6) is 0 Å². The lowest BCUT2D eigenvalue weighted by molar-refractivity contribution is 0.324. The normalized spacial score (nSPS) is 11.3. The first-order chi connectivity index (χ1) is 9.67. The molecule has 1 aromatic rings. The Labute approximate surface area is 146 Å². The summed E-state index contributed by atoms with van der Waals surface area (Å²) in [4.78, 5) is 8.83. The van der Waals surface area contributed by atoms with E-state index >= 15 is 0 Å². The number of benzene rings is 1. The summed E-state index contributed by atoms with van der Waals surface area (Å²) >= 11 is 0. The van der Waals surface area contributed by atoms with Crippen molar-refractivity contribution in [2.75, 3.05) is 33.2 Å². The average molecular weight is 404 g/mol. The van der Waals surface area contributed by atoms with Gasteiger partial charge in [-0.05, 0) is 39.4 Å². The summed E-state index contributed by atoms with van der Waals surface area (Å²) < 4.78 is 0. The van der Waals surface area contributed by atoms with Crippen molar-refractivity contribution in [3.8, 4) is 0 Å². The molecule has 4 nitrogen and oxygen atoms in total. The van der Waals surface area contributed by atoms with Crippen LogP contribution in [0.3, 0.4) is 0 Å². The zero-order valence-electron chi connectivity index (χ0n) is 13.5. The van der Waals surface area contributed by atoms with Crippen LogP contribution in [0, 0.1) is 0 Å². The van der Waals surface area contributed by atoms with E-state index in [0.717, 1.165) is 39.1 Å². The molecular weight excluding hydrogens is 375 g/mol. The van der Waals surface area contributed by atoms with E-state index < -0.39 is 0 Å². The van der Waals surface area contributed by atoms with Crippen molar-refractivity contribution in [3.63, 3.8) is 0 Å². The van der Waals surface area contributed by atoms with E-state index in [1.54, 1.807) is 0 Å². The Morgan fingerprint density at radius 3 is 2.33 bits per heavy atom. The molecule has 2 N–H and O–H groups in total. The Balaban J connectivity index is 0.00000400. The van der Waals surface area contributed by atoms with Crippen LogP contribution in [0.2, 0.25) is 0 Å². The monoisotopic (exact) mass is 404 g/mol. The molecule has 120 valence electrons. The van der Waals surface area contributed by atoms with E-state index in [1.165, 1.54) is 5.56 Å². The number of guanidine groups is 1. The maximum atomic E-state index is 5.94. The summed E-state index contributed by atoms with van der Waals surface area (Å²) in [7, 11) is 2.14. The lowest BCUT2D eigenvalue weighted by atomic mass is 10.2. The molecule has 0 saturated heterocycles. The quantitative estimate of drug-likeness (QED) is 0.314. The first kappa shape index (κ1) is 20.2. The van der Waals surface area contributed by atoms with E-state index in [9.17, 15) is 0 Å². The van der Waals surface area contributed by atoms with Gasteiger partial charge in [0, 0.05) is 26.2 Å². The van der Waals surface area contributed by atoms with Gasteiger partial charge in [0.25, 0.3) is 0 Å². The highest BCUT2D eigenvalue weighted by Crippen LogP contribution is 2.02. The summed E-state index contributed by atoms with van der Waals surface area (Å²) in [6, 6.07) is 10.5. The molecule has 0 fully saturated rings. The summed E-state index contributed by atoms with van der Waals surface area (Å²) in [5.41, 5.74) is 7.29. The van der Waals surface area contributed by atoms with E-state index in [2.05, 4.69) is 60.0 Å². The van der Waals surface area contributed by atoms with Gasteiger partial charge in [0.2, 0.25) is 0 Å². The second-order valence-corrected chi connectivity index (χ2v) is 4.99. The number of hydrogen-bond acceptors (Lipinski definition) is 2. The van der Waals surface area contributed by atoms with Gasteiger partial charge in [0.05, 0.1) is 0 Å². The largest absolute Gasteiger partial charge is 0.370 e. The molecule has 0 spiro atoms. The maximum absolute atomic E-state index is 5.94. The first-order valence-electron chi connectivity index (χ1n) is 7.44. The van der Waals surface area contributed by atoms with Gasteiger partial charge >= 0.3 is 0 Å². The third-order valence-electron chi connectivity index (χ3n) is 3.35. The zero-order chi connectivity index (χ0) is 14.8. The Hall–Kier alpha value is -0.820. The second kappa shape index (κ2) is 11.8. The number of halogens is 1. The van der Waals surface area contributed by atoms with E-state index in [4.69, 9.17) is 5.73 Å². The minimum Gasteiger partial charge on any atom is -0.370 e. The van der Waals surface area contributed by atoms with E-state index in [-0.39, 0.29) is 24.0 Å². The maximum Gasteiger partial charge on any atom is 0.191 e. The van der Waals surface area contributed by atoms with Crippen LogP contribution >= 0.6 is 24.0 Å². The number of aliphatic imine (C=N–C) groups is 1. The highest BCUT2D eigenvalue weighted by Gasteiger charge is 2.02. The second-order valence-electron chi connectivity index (χ2n) is 4.99. The fraction of sp³-hybridized carbons (Fsp3) is 0.562. The molecular formula is C16H29IN4. The highest BCUT2D eigenvalue weighted by molar-refractivity contribution is 14.0. The van der Waals surface area contributed by atoms with Crippen molar-refractivity contribution in [1.29, 1.82) is 0 Å². The van der Waals surface area contributed by atoms with Gasteiger partial charge in [-0.1, -0.05) is 30.3 Å². The lowest BCUT2D eigenvalue weighted by Crippen LogP contribution is -2.37. The van der Waals surface area contributed by atoms with E-state index in [0.29, 0.717) is 5.96 Å². The third-order valence-corrected chi connectivity index (χ3v) is 3.35. The van der Waals surface area contributed by atoms with Crippen molar-refractivity contribution >= 4 is 29.9 Å². The van der Waals surface area contributed by atoms with Gasteiger partial charge in [0.15, 0.2) is 5.96 Å². The lowest BCUT2D eigenvalue weighted by Gasteiger charge is -2.20. The molecule has 0 bridgehead atoms. The first-order valence-corrected chi connectivity index (χ1v) is 7.44. The van der Waals surface area contributed by atoms with Crippen LogP contribution in [-0.2, 0) is 6.54 Å². The smallest absolute Gasteiger partial charge is 0.191 e. The third kappa shape index (κ3) is 8.26.